The summed E-state index contributed by atoms with van der Waals surface area (Å²) in [5.74, 6) is 0.807. The Labute approximate surface area is 164 Å². The number of H-pyrrole nitrogens is 2. The molecule has 1 unspecified atom stereocenters. The van der Waals surface area contributed by atoms with E-state index in [0.29, 0.717) is 18.3 Å². The van der Waals surface area contributed by atoms with Gasteiger partial charge < -0.3 is 14.5 Å². The molecule has 0 aliphatic carbocycles. The minimum Gasteiger partial charge on any atom is -0.495 e. The van der Waals surface area contributed by atoms with E-state index in [2.05, 4.69) is 26.1 Å². The number of amides is 1. The van der Waals surface area contributed by atoms with Crippen molar-refractivity contribution in [2.45, 2.75) is 18.9 Å². The van der Waals surface area contributed by atoms with Crippen molar-refractivity contribution in [1.29, 1.82) is 0 Å². The zero-order valence-electron chi connectivity index (χ0n) is 16.2. The van der Waals surface area contributed by atoms with Crippen LogP contribution >= 0.6 is 0 Å². The first kappa shape index (κ1) is 18.6. The van der Waals surface area contributed by atoms with Crippen LogP contribution in [0.4, 0.5) is 5.69 Å². The monoisotopic (exact) mass is 385 g/mol. The van der Waals surface area contributed by atoms with E-state index in [1.165, 1.54) is 6.07 Å². The lowest BCUT2D eigenvalue weighted by Gasteiger charge is -2.44. The summed E-state index contributed by atoms with van der Waals surface area (Å²) in [6.45, 7) is 5.26. The Bertz CT molecular complexity index is 868. The Morgan fingerprint density at radius 2 is 1.89 bits per heavy atom. The Kier molecular flexibility index (Phi) is 5.38. The Balaban J connectivity index is 1.36. The Morgan fingerprint density at radius 3 is 2.61 bits per heavy atom. The highest BCUT2D eigenvalue weighted by Crippen LogP contribution is 2.29. The molecule has 28 heavy (non-hydrogen) atoms. The van der Waals surface area contributed by atoms with Gasteiger partial charge in [-0.1, -0.05) is 12.1 Å². The Morgan fingerprint density at radius 1 is 1.11 bits per heavy atom. The summed E-state index contributed by atoms with van der Waals surface area (Å²) in [4.78, 5) is 30.7. The normalized spacial score (nSPS) is 21.0. The summed E-state index contributed by atoms with van der Waals surface area (Å²) in [6, 6.07) is 9.83. The number of hydrogen-bond donors (Lipinski definition) is 2. The first-order chi connectivity index (χ1) is 13.7. The number of methoxy groups -OCH3 is 1. The molecular weight excluding hydrogens is 358 g/mol. The van der Waals surface area contributed by atoms with Gasteiger partial charge in [0.2, 0.25) is 0 Å². The number of benzene rings is 1. The molecule has 1 atom stereocenters. The maximum absolute atomic E-state index is 12.6. The van der Waals surface area contributed by atoms with Crippen LogP contribution in [0.5, 0.6) is 5.75 Å². The van der Waals surface area contributed by atoms with Crippen molar-refractivity contribution in [2.24, 2.45) is 0 Å². The van der Waals surface area contributed by atoms with E-state index in [0.717, 1.165) is 57.0 Å². The van der Waals surface area contributed by atoms with Crippen LogP contribution in [0.25, 0.3) is 0 Å². The van der Waals surface area contributed by atoms with E-state index in [4.69, 9.17) is 4.74 Å². The number of aromatic nitrogens is 2. The van der Waals surface area contributed by atoms with Gasteiger partial charge in [0.25, 0.3) is 11.5 Å². The predicted octanol–water partition coefficient (Wildman–Crippen LogP) is 1.14. The van der Waals surface area contributed by atoms with Crippen LogP contribution in [0.15, 0.2) is 35.1 Å². The predicted molar refractivity (Wildman–Crippen MR) is 107 cm³/mol. The first-order valence-electron chi connectivity index (χ1n) is 9.84. The van der Waals surface area contributed by atoms with Crippen molar-refractivity contribution in [1.82, 2.24) is 20.0 Å². The van der Waals surface area contributed by atoms with Crippen LogP contribution in [-0.4, -0.2) is 78.3 Å². The lowest BCUT2D eigenvalue weighted by Crippen LogP contribution is -2.56. The number of anilines is 1. The second-order valence-electron chi connectivity index (χ2n) is 7.41. The molecule has 2 aliphatic heterocycles. The third kappa shape index (κ3) is 3.77. The number of aromatic amines is 2. The van der Waals surface area contributed by atoms with Gasteiger partial charge in [0.05, 0.1) is 12.8 Å². The number of ether oxygens (including phenoxy) is 1. The van der Waals surface area contributed by atoms with Crippen LogP contribution in [0.1, 0.15) is 23.3 Å². The molecule has 150 valence electrons. The molecule has 1 amide bonds. The van der Waals surface area contributed by atoms with Crippen molar-refractivity contribution < 1.29 is 9.53 Å². The molecule has 2 saturated heterocycles. The van der Waals surface area contributed by atoms with Crippen LogP contribution in [0, 0.1) is 0 Å². The zero-order valence-corrected chi connectivity index (χ0v) is 16.2. The topological polar surface area (TPSA) is 84.7 Å². The first-order valence-corrected chi connectivity index (χ1v) is 9.84. The number of carbonyl (C=O) groups is 1. The zero-order chi connectivity index (χ0) is 19.5. The van der Waals surface area contributed by atoms with Crippen molar-refractivity contribution in [3.8, 4) is 5.75 Å². The highest BCUT2D eigenvalue weighted by atomic mass is 16.5. The average Bonchev–Trinajstić information content (AvgIpc) is 3.19. The number of hydrogen-bond acceptors (Lipinski definition) is 5. The summed E-state index contributed by atoms with van der Waals surface area (Å²) in [5.41, 5.74) is 1.21. The fourth-order valence-corrected chi connectivity index (χ4v) is 4.27. The molecule has 3 heterocycles. The molecule has 2 aromatic rings. The summed E-state index contributed by atoms with van der Waals surface area (Å²) >= 11 is 0. The smallest absolute Gasteiger partial charge is 0.271 e. The van der Waals surface area contributed by atoms with Crippen LogP contribution in [0.2, 0.25) is 0 Å². The second-order valence-corrected chi connectivity index (χ2v) is 7.41. The number of para-hydroxylation sites is 2. The molecule has 2 aliphatic rings. The maximum atomic E-state index is 12.6. The summed E-state index contributed by atoms with van der Waals surface area (Å²) in [5, 5.41) is 5.11. The van der Waals surface area contributed by atoms with Gasteiger partial charge in [-0.25, -0.2) is 0 Å². The van der Waals surface area contributed by atoms with Crippen molar-refractivity contribution in [3.05, 3.63) is 46.4 Å². The van der Waals surface area contributed by atoms with Crippen molar-refractivity contribution >= 4 is 11.6 Å². The summed E-state index contributed by atoms with van der Waals surface area (Å²) in [6.07, 6.45) is 2.08. The standard InChI is InChI=1S/C20H27N5O3/c1-28-18-7-3-2-6-17(18)24-11-9-23(10-12-24)15-5-4-8-25(14-15)20(27)16-13-19(26)22-21-16/h2-3,6-7,13,15H,4-5,8-12,14H2,1H3,(H2,21,22,26). The fourth-order valence-electron chi connectivity index (χ4n) is 4.27. The third-order valence-electron chi connectivity index (χ3n) is 5.77. The van der Waals surface area contributed by atoms with E-state index in [1.54, 1.807) is 7.11 Å². The van der Waals surface area contributed by atoms with Gasteiger partial charge in [0.1, 0.15) is 11.4 Å². The molecule has 1 aromatic heterocycles. The summed E-state index contributed by atoms with van der Waals surface area (Å²) < 4.78 is 5.50. The third-order valence-corrected chi connectivity index (χ3v) is 5.77. The molecule has 1 aromatic carbocycles. The highest BCUT2D eigenvalue weighted by molar-refractivity contribution is 5.92. The minimum absolute atomic E-state index is 0.101. The lowest BCUT2D eigenvalue weighted by atomic mass is 10.0. The molecule has 2 N–H and O–H groups in total. The van der Waals surface area contributed by atoms with Gasteiger partial charge in [-0.2, -0.15) is 0 Å². The van der Waals surface area contributed by atoms with E-state index >= 15 is 0 Å². The van der Waals surface area contributed by atoms with Gasteiger partial charge in [0, 0.05) is 51.4 Å². The van der Waals surface area contributed by atoms with Gasteiger partial charge >= 0.3 is 0 Å². The largest absolute Gasteiger partial charge is 0.495 e. The van der Waals surface area contributed by atoms with Gasteiger partial charge in [0.15, 0.2) is 0 Å². The molecule has 0 spiro atoms. The number of carbonyl (C=O) groups excluding carboxylic acids is 1. The number of piperidine rings is 1. The number of likely N-dealkylation sites (tertiary alicyclic amines) is 1. The molecule has 0 saturated carbocycles. The molecular formula is C20H27N5O3. The van der Waals surface area contributed by atoms with E-state index in [1.807, 2.05) is 23.1 Å². The van der Waals surface area contributed by atoms with E-state index in [9.17, 15) is 9.59 Å². The van der Waals surface area contributed by atoms with Gasteiger partial charge in [-0.05, 0) is 25.0 Å². The fraction of sp³-hybridized carbons (Fsp3) is 0.500. The van der Waals surface area contributed by atoms with Gasteiger partial charge in [-0.3, -0.25) is 24.7 Å². The van der Waals surface area contributed by atoms with E-state index in [-0.39, 0.29) is 11.5 Å². The number of nitrogens with one attached hydrogen (secondary N) is 2. The molecule has 4 rings (SSSR count). The highest BCUT2D eigenvalue weighted by Gasteiger charge is 2.31. The van der Waals surface area contributed by atoms with Crippen molar-refractivity contribution in [2.75, 3.05) is 51.3 Å². The van der Waals surface area contributed by atoms with Crippen LogP contribution in [-0.2, 0) is 0 Å². The molecule has 0 radical (unpaired) electrons. The summed E-state index contributed by atoms with van der Waals surface area (Å²) in [7, 11) is 1.71. The quantitative estimate of drug-likeness (QED) is 0.825. The van der Waals surface area contributed by atoms with Crippen LogP contribution < -0.4 is 15.2 Å². The number of rotatable bonds is 4. The average molecular weight is 385 g/mol. The van der Waals surface area contributed by atoms with Crippen molar-refractivity contribution in [3.63, 3.8) is 0 Å². The SMILES string of the molecule is COc1ccccc1N1CCN(C2CCCN(C(=O)c3cc(=O)[nH][nH]3)C2)CC1. The van der Waals surface area contributed by atoms with E-state index < -0.39 is 0 Å². The number of piperazine rings is 1. The second kappa shape index (κ2) is 8.10. The molecule has 2 fully saturated rings. The minimum atomic E-state index is -0.274. The molecule has 0 bridgehead atoms. The molecule has 8 nitrogen and oxygen atoms in total. The lowest BCUT2D eigenvalue weighted by molar-refractivity contribution is 0.0558. The molecule has 8 heteroatoms. The van der Waals surface area contributed by atoms with Crippen LogP contribution in [0.3, 0.4) is 0 Å². The van der Waals surface area contributed by atoms with Gasteiger partial charge in [-0.15, -0.1) is 0 Å². The Hall–Kier alpha value is -2.74. The number of nitrogens with zero attached hydrogens (tertiary/aromatic N) is 3. The maximum Gasteiger partial charge on any atom is 0.271 e.